The molecule has 1 aromatic heterocycles. The lowest BCUT2D eigenvalue weighted by molar-refractivity contribution is 0.111. The van der Waals surface area contributed by atoms with Gasteiger partial charge in [0, 0.05) is 6.20 Å². The van der Waals surface area contributed by atoms with Crippen LogP contribution >= 0.6 is 15.9 Å². The van der Waals surface area contributed by atoms with Crippen molar-refractivity contribution >= 4 is 22.2 Å². The summed E-state index contributed by atoms with van der Waals surface area (Å²) in [4.78, 5) is 13.5. The number of aldehydes is 1. The Morgan fingerprint density at radius 1 is 1.62 bits per heavy atom. The highest BCUT2D eigenvalue weighted by Gasteiger charge is 2.18. The van der Waals surface area contributed by atoms with Gasteiger partial charge in [0.15, 0.2) is 12.0 Å². The predicted octanol–water partition coefficient (Wildman–Crippen LogP) is 2.30. The van der Waals surface area contributed by atoms with Gasteiger partial charge in [0.1, 0.15) is 5.69 Å². The van der Waals surface area contributed by atoms with Gasteiger partial charge in [-0.3, -0.25) is 9.78 Å². The van der Waals surface area contributed by atoms with E-state index in [9.17, 15) is 13.6 Å². The minimum Gasteiger partial charge on any atom is -0.505 e. The van der Waals surface area contributed by atoms with Crippen LogP contribution in [0.1, 0.15) is 22.5 Å². The number of hydrogen-bond acceptors (Lipinski definition) is 3. The lowest BCUT2D eigenvalue weighted by Gasteiger charge is -2.04. The average Bonchev–Trinajstić information content (AvgIpc) is 2.09. The molecule has 0 amide bonds. The van der Waals surface area contributed by atoms with E-state index in [1.807, 2.05) is 0 Å². The average molecular weight is 252 g/mol. The van der Waals surface area contributed by atoms with Gasteiger partial charge in [-0.25, -0.2) is 8.78 Å². The predicted molar refractivity (Wildman–Crippen MR) is 43.9 cm³/mol. The Hall–Kier alpha value is -1.04. The molecule has 0 aromatic carbocycles. The second-order valence-electron chi connectivity index (χ2n) is 2.18. The molecule has 3 nitrogen and oxygen atoms in total. The Morgan fingerprint density at radius 2 is 2.23 bits per heavy atom. The maximum Gasteiger partial charge on any atom is 0.284 e. The standard InChI is InChI=1S/C7H4BrF2NO2/c8-4-3(2-12)1-11-5(6(4)13)7(9)10/h1-2,7,13H. The van der Waals surface area contributed by atoms with Gasteiger partial charge in [0.2, 0.25) is 0 Å². The highest BCUT2D eigenvalue weighted by Crippen LogP contribution is 2.34. The van der Waals surface area contributed by atoms with Crippen molar-refractivity contribution in [1.82, 2.24) is 4.98 Å². The van der Waals surface area contributed by atoms with Crippen LogP contribution in [0.3, 0.4) is 0 Å². The van der Waals surface area contributed by atoms with Gasteiger partial charge in [0.25, 0.3) is 6.43 Å². The Bertz CT molecular complexity index is 344. The summed E-state index contributed by atoms with van der Waals surface area (Å²) in [6, 6.07) is 0. The molecule has 13 heavy (non-hydrogen) atoms. The van der Waals surface area contributed by atoms with Crippen LogP contribution < -0.4 is 0 Å². The number of carbonyl (C=O) groups is 1. The number of halogens is 3. The van der Waals surface area contributed by atoms with Gasteiger partial charge in [-0.05, 0) is 15.9 Å². The van der Waals surface area contributed by atoms with E-state index in [1.54, 1.807) is 0 Å². The number of nitrogens with zero attached hydrogens (tertiary/aromatic N) is 1. The molecule has 0 bridgehead atoms. The lowest BCUT2D eigenvalue weighted by atomic mass is 10.2. The number of aromatic nitrogens is 1. The van der Waals surface area contributed by atoms with Crippen molar-refractivity contribution in [2.75, 3.05) is 0 Å². The van der Waals surface area contributed by atoms with Gasteiger partial charge >= 0.3 is 0 Å². The maximum absolute atomic E-state index is 12.1. The minimum atomic E-state index is -2.86. The normalized spacial score (nSPS) is 10.5. The third kappa shape index (κ3) is 1.82. The molecule has 1 rings (SSSR count). The number of alkyl halides is 2. The summed E-state index contributed by atoms with van der Waals surface area (Å²) in [6.45, 7) is 0. The molecule has 0 aliphatic heterocycles. The maximum atomic E-state index is 12.1. The molecule has 0 aliphatic rings. The van der Waals surface area contributed by atoms with Gasteiger partial charge < -0.3 is 5.11 Å². The molecule has 1 N–H and O–H groups in total. The molecule has 0 spiro atoms. The van der Waals surface area contributed by atoms with Crippen LogP contribution in [0.25, 0.3) is 0 Å². The summed E-state index contributed by atoms with van der Waals surface area (Å²) in [5.74, 6) is -0.695. The largest absolute Gasteiger partial charge is 0.505 e. The fourth-order valence-corrected chi connectivity index (χ4v) is 1.15. The molecule has 0 atom stereocenters. The summed E-state index contributed by atoms with van der Waals surface area (Å²) in [7, 11) is 0. The van der Waals surface area contributed by atoms with Gasteiger partial charge in [-0.1, -0.05) is 0 Å². The van der Waals surface area contributed by atoms with Crippen LogP contribution in [0.2, 0.25) is 0 Å². The second-order valence-corrected chi connectivity index (χ2v) is 2.97. The summed E-state index contributed by atoms with van der Waals surface area (Å²) >= 11 is 2.80. The molecule has 1 aromatic rings. The van der Waals surface area contributed by atoms with Crippen molar-refractivity contribution < 1.29 is 18.7 Å². The summed E-state index contributed by atoms with van der Waals surface area (Å²) in [6.07, 6.45) is -1.48. The Kier molecular flexibility index (Phi) is 2.92. The zero-order chi connectivity index (χ0) is 10.0. The first-order valence-corrected chi connectivity index (χ1v) is 3.98. The molecule has 0 saturated carbocycles. The van der Waals surface area contributed by atoms with Crippen LogP contribution in [-0.4, -0.2) is 16.4 Å². The van der Waals surface area contributed by atoms with Gasteiger partial charge in [-0.15, -0.1) is 0 Å². The Morgan fingerprint density at radius 3 is 2.69 bits per heavy atom. The van der Waals surface area contributed by atoms with Gasteiger partial charge in [0.05, 0.1) is 10.0 Å². The number of pyridine rings is 1. The molecule has 6 heteroatoms. The molecule has 0 saturated heterocycles. The van der Waals surface area contributed by atoms with Crippen LogP contribution in [0.15, 0.2) is 10.7 Å². The SMILES string of the molecule is O=Cc1cnc(C(F)F)c(O)c1Br. The molecule has 0 unspecified atom stereocenters. The van der Waals surface area contributed by atoms with Crippen LogP contribution in [0.4, 0.5) is 8.78 Å². The topological polar surface area (TPSA) is 50.2 Å². The van der Waals surface area contributed by atoms with Crippen molar-refractivity contribution in [3.05, 3.63) is 21.9 Å². The fourth-order valence-electron chi connectivity index (χ4n) is 0.748. The summed E-state index contributed by atoms with van der Waals surface area (Å²) < 4.78 is 24.2. The van der Waals surface area contributed by atoms with E-state index < -0.39 is 17.9 Å². The zero-order valence-corrected chi connectivity index (χ0v) is 7.75. The Balaban J connectivity index is 3.31. The van der Waals surface area contributed by atoms with E-state index in [0.717, 1.165) is 6.20 Å². The van der Waals surface area contributed by atoms with Crippen molar-refractivity contribution in [2.45, 2.75) is 6.43 Å². The molecule has 70 valence electrons. The first-order valence-electron chi connectivity index (χ1n) is 3.18. The number of hydrogen-bond donors (Lipinski definition) is 1. The van der Waals surface area contributed by atoms with E-state index in [1.165, 1.54) is 0 Å². The molecule has 1 heterocycles. The zero-order valence-electron chi connectivity index (χ0n) is 6.17. The minimum absolute atomic E-state index is 0.0295. The Labute approximate surface area is 80.5 Å². The van der Waals surface area contributed by atoms with Crippen LogP contribution in [0.5, 0.6) is 5.75 Å². The van der Waals surface area contributed by atoms with Crippen molar-refractivity contribution in [1.29, 1.82) is 0 Å². The van der Waals surface area contributed by atoms with Crippen molar-refractivity contribution in [3.8, 4) is 5.75 Å². The molecular weight excluding hydrogens is 248 g/mol. The van der Waals surface area contributed by atoms with E-state index in [4.69, 9.17) is 5.11 Å². The monoisotopic (exact) mass is 251 g/mol. The number of carbonyl (C=O) groups excluding carboxylic acids is 1. The fraction of sp³-hybridized carbons (Fsp3) is 0.143. The van der Waals surface area contributed by atoms with E-state index in [-0.39, 0.29) is 10.0 Å². The third-order valence-electron chi connectivity index (χ3n) is 1.38. The van der Waals surface area contributed by atoms with E-state index >= 15 is 0 Å². The van der Waals surface area contributed by atoms with Crippen molar-refractivity contribution in [2.24, 2.45) is 0 Å². The van der Waals surface area contributed by atoms with E-state index in [0.29, 0.717) is 6.29 Å². The summed E-state index contributed by atoms with van der Waals surface area (Å²) in [5.41, 5.74) is -0.709. The number of rotatable bonds is 2. The van der Waals surface area contributed by atoms with E-state index in [2.05, 4.69) is 20.9 Å². The molecule has 0 fully saturated rings. The van der Waals surface area contributed by atoms with Gasteiger partial charge in [-0.2, -0.15) is 0 Å². The quantitative estimate of drug-likeness (QED) is 0.821. The first kappa shape index (κ1) is 10.0. The smallest absolute Gasteiger partial charge is 0.284 e. The molecule has 0 radical (unpaired) electrons. The second kappa shape index (κ2) is 3.78. The lowest BCUT2D eigenvalue weighted by Crippen LogP contribution is -1.94. The third-order valence-corrected chi connectivity index (χ3v) is 2.21. The number of aromatic hydroxyl groups is 1. The highest BCUT2D eigenvalue weighted by molar-refractivity contribution is 9.10. The molecule has 0 aliphatic carbocycles. The highest BCUT2D eigenvalue weighted by atomic mass is 79.9. The summed E-state index contributed by atoms with van der Waals surface area (Å²) in [5, 5.41) is 9.13. The van der Waals surface area contributed by atoms with Crippen molar-refractivity contribution in [3.63, 3.8) is 0 Å². The first-order chi connectivity index (χ1) is 6.07. The van der Waals surface area contributed by atoms with Crippen LogP contribution in [0, 0.1) is 0 Å². The van der Waals surface area contributed by atoms with Crippen LogP contribution in [-0.2, 0) is 0 Å². The molecular formula is C7H4BrF2NO2.